The highest BCUT2D eigenvalue weighted by molar-refractivity contribution is 9.10. The van der Waals surface area contributed by atoms with Gasteiger partial charge in [-0.15, -0.1) is 11.3 Å². The first-order valence-corrected chi connectivity index (χ1v) is 10.4. The van der Waals surface area contributed by atoms with Crippen molar-refractivity contribution in [3.8, 4) is 11.3 Å². The van der Waals surface area contributed by atoms with E-state index in [1.165, 1.54) is 23.1 Å². The maximum atomic E-state index is 12.1. The minimum Gasteiger partial charge on any atom is -0.319 e. The van der Waals surface area contributed by atoms with Gasteiger partial charge in [-0.05, 0) is 31.5 Å². The molecular weight excluding hydrogens is 420 g/mol. The molecule has 0 bridgehead atoms. The summed E-state index contributed by atoms with van der Waals surface area (Å²) in [5.41, 5.74) is 3.06. The normalized spacial score (nSPS) is 10.8. The van der Waals surface area contributed by atoms with E-state index in [4.69, 9.17) is 0 Å². The molecule has 8 heteroatoms. The van der Waals surface area contributed by atoms with Gasteiger partial charge in [-0.1, -0.05) is 39.8 Å². The number of nitrogens with one attached hydrogen (secondary N) is 1. The van der Waals surface area contributed by atoms with Gasteiger partial charge in [0, 0.05) is 16.4 Å². The van der Waals surface area contributed by atoms with E-state index >= 15 is 0 Å². The summed E-state index contributed by atoms with van der Waals surface area (Å²) >= 11 is 6.32. The van der Waals surface area contributed by atoms with E-state index in [1.807, 2.05) is 30.6 Å². The number of anilines is 1. The highest BCUT2D eigenvalue weighted by Gasteiger charge is 2.13. The molecule has 3 aromatic rings. The van der Waals surface area contributed by atoms with E-state index in [9.17, 15) is 4.79 Å². The molecule has 0 unspecified atom stereocenters. The summed E-state index contributed by atoms with van der Waals surface area (Å²) in [5.74, 6) is 0.227. The van der Waals surface area contributed by atoms with Crippen molar-refractivity contribution in [3.05, 3.63) is 46.0 Å². The molecule has 0 atom stereocenters. The van der Waals surface area contributed by atoms with Crippen LogP contribution in [0.2, 0.25) is 0 Å². The third kappa shape index (κ3) is 4.50. The van der Waals surface area contributed by atoms with Crippen LogP contribution in [0.4, 0.5) is 5.13 Å². The Bertz CT molecular complexity index is 873. The number of benzene rings is 1. The lowest BCUT2D eigenvalue weighted by atomic mass is 10.2. The quantitative estimate of drug-likeness (QED) is 0.562. The number of nitrogens with zero attached hydrogens (tertiary/aromatic N) is 3. The number of aryl methyl sites for hydroxylation is 1. The van der Waals surface area contributed by atoms with Gasteiger partial charge in [-0.25, -0.2) is 9.97 Å². The van der Waals surface area contributed by atoms with Crippen molar-refractivity contribution in [2.24, 2.45) is 0 Å². The van der Waals surface area contributed by atoms with Gasteiger partial charge in [0.25, 0.3) is 0 Å². The average molecular weight is 437 g/mol. The van der Waals surface area contributed by atoms with Gasteiger partial charge in [0.1, 0.15) is 0 Å². The number of carbonyl (C=O) groups excluding carboxylic acids is 1. The van der Waals surface area contributed by atoms with E-state index in [0.29, 0.717) is 10.9 Å². The molecule has 3 rings (SSSR count). The summed E-state index contributed by atoms with van der Waals surface area (Å²) in [6, 6.07) is 8.13. The van der Waals surface area contributed by atoms with E-state index in [2.05, 4.69) is 54.8 Å². The topological polar surface area (TPSA) is 59.8 Å². The molecule has 25 heavy (non-hydrogen) atoms. The van der Waals surface area contributed by atoms with Crippen molar-refractivity contribution in [2.75, 3.05) is 11.1 Å². The van der Waals surface area contributed by atoms with Crippen LogP contribution in [-0.4, -0.2) is 26.2 Å². The molecule has 0 saturated carbocycles. The summed E-state index contributed by atoms with van der Waals surface area (Å²) in [6.45, 7) is 4.77. The van der Waals surface area contributed by atoms with Gasteiger partial charge >= 0.3 is 0 Å². The number of halogens is 1. The van der Waals surface area contributed by atoms with Crippen molar-refractivity contribution < 1.29 is 4.79 Å². The minimum atomic E-state index is -0.0739. The fourth-order valence-corrected chi connectivity index (χ4v) is 4.14. The number of rotatable bonds is 6. The predicted molar refractivity (Wildman–Crippen MR) is 107 cm³/mol. The molecule has 0 aliphatic heterocycles. The monoisotopic (exact) mass is 436 g/mol. The second-order valence-corrected chi connectivity index (χ2v) is 8.02. The van der Waals surface area contributed by atoms with Crippen molar-refractivity contribution >= 4 is 50.1 Å². The van der Waals surface area contributed by atoms with Crippen molar-refractivity contribution in [1.82, 2.24) is 14.5 Å². The van der Waals surface area contributed by atoms with Gasteiger partial charge in [0.15, 0.2) is 10.3 Å². The molecule has 5 nitrogen and oxygen atoms in total. The van der Waals surface area contributed by atoms with Gasteiger partial charge in [0.2, 0.25) is 5.91 Å². The molecular formula is C17H17BrN4OS2. The van der Waals surface area contributed by atoms with Crippen LogP contribution in [0.3, 0.4) is 0 Å². The van der Waals surface area contributed by atoms with Crippen LogP contribution in [0.1, 0.15) is 12.6 Å². The maximum absolute atomic E-state index is 12.1. The smallest absolute Gasteiger partial charge is 0.236 e. The van der Waals surface area contributed by atoms with E-state index in [0.717, 1.165) is 33.1 Å². The number of aromatic nitrogens is 3. The molecule has 0 radical (unpaired) electrons. The predicted octanol–water partition coefficient (Wildman–Crippen LogP) is 4.83. The summed E-state index contributed by atoms with van der Waals surface area (Å²) in [4.78, 5) is 20.8. The van der Waals surface area contributed by atoms with E-state index in [-0.39, 0.29) is 5.91 Å². The molecule has 0 saturated heterocycles. The number of thiazole rings is 1. The summed E-state index contributed by atoms with van der Waals surface area (Å²) in [6.07, 6.45) is 1.86. The Morgan fingerprint density at radius 2 is 2.12 bits per heavy atom. The molecule has 130 valence electrons. The number of thioether (sulfide) groups is 1. The molecule has 1 aromatic carbocycles. The maximum Gasteiger partial charge on any atom is 0.236 e. The number of carbonyl (C=O) groups is 1. The third-order valence-electron chi connectivity index (χ3n) is 3.47. The molecule has 1 amide bonds. The fourth-order valence-electron chi connectivity index (χ4n) is 2.33. The lowest BCUT2D eigenvalue weighted by molar-refractivity contribution is -0.113. The van der Waals surface area contributed by atoms with Crippen LogP contribution in [0.25, 0.3) is 11.3 Å². The zero-order valence-electron chi connectivity index (χ0n) is 13.8. The second-order valence-electron chi connectivity index (χ2n) is 5.31. The van der Waals surface area contributed by atoms with Crippen molar-refractivity contribution in [3.63, 3.8) is 0 Å². The van der Waals surface area contributed by atoms with Crippen LogP contribution in [0, 0.1) is 6.92 Å². The molecule has 0 aliphatic carbocycles. The zero-order valence-corrected chi connectivity index (χ0v) is 17.0. The van der Waals surface area contributed by atoms with E-state index < -0.39 is 0 Å². The minimum absolute atomic E-state index is 0.0739. The summed E-state index contributed by atoms with van der Waals surface area (Å²) < 4.78 is 3.16. The van der Waals surface area contributed by atoms with Crippen LogP contribution in [0.5, 0.6) is 0 Å². The Hall–Kier alpha value is -1.64. The Labute approximate surface area is 163 Å². The van der Waals surface area contributed by atoms with Gasteiger partial charge in [-0.2, -0.15) is 0 Å². The number of hydrogen-bond acceptors (Lipinski definition) is 5. The zero-order chi connectivity index (χ0) is 17.8. The first kappa shape index (κ1) is 18.2. The van der Waals surface area contributed by atoms with Gasteiger partial charge < -0.3 is 9.88 Å². The fraction of sp³-hybridized carbons (Fsp3) is 0.235. The molecule has 2 aromatic heterocycles. The highest BCUT2D eigenvalue weighted by Crippen LogP contribution is 2.27. The van der Waals surface area contributed by atoms with Crippen LogP contribution in [0.15, 0.2) is 45.5 Å². The standard InChI is InChI=1S/C17H17BrN4OS2/c1-3-22-14(12-4-6-13(18)7-5-12)8-19-17(22)25-10-15(23)21-16-20-11(2)9-24-16/h4-9H,3,10H2,1-2H3,(H,20,21,23). The first-order chi connectivity index (χ1) is 12.1. The lowest BCUT2D eigenvalue weighted by Crippen LogP contribution is -2.14. The molecule has 0 aliphatic rings. The Kier molecular flexibility index (Phi) is 5.93. The Balaban J connectivity index is 1.68. The lowest BCUT2D eigenvalue weighted by Gasteiger charge is -2.09. The largest absolute Gasteiger partial charge is 0.319 e. The highest BCUT2D eigenvalue weighted by atomic mass is 79.9. The Morgan fingerprint density at radius 1 is 1.36 bits per heavy atom. The summed E-state index contributed by atoms with van der Waals surface area (Å²) in [7, 11) is 0. The SMILES string of the molecule is CCn1c(-c2ccc(Br)cc2)cnc1SCC(=O)Nc1nc(C)cs1. The first-order valence-electron chi connectivity index (χ1n) is 7.73. The van der Waals surface area contributed by atoms with Crippen LogP contribution in [-0.2, 0) is 11.3 Å². The Morgan fingerprint density at radius 3 is 2.76 bits per heavy atom. The molecule has 0 spiro atoms. The number of amides is 1. The molecule has 0 fully saturated rings. The average Bonchev–Trinajstić information content (AvgIpc) is 3.19. The second kappa shape index (κ2) is 8.16. The van der Waals surface area contributed by atoms with Gasteiger partial charge in [0.05, 0.1) is 23.3 Å². The molecule has 2 heterocycles. The summed E-state index contributed by atoms with van der Waals surface area (Å²) in [5, 5.41) is 6.21. The van der Waals surface area contributed by atoms with E-state index in [1.54, 1.807) is 0 Å². The van der Waals surface area contributed by atoms with Crippen LogP contribution >= 0.6 is 39.0 Å². The van der Waals surface area contributed by atoms with Crippen LogP contribution < -0.4 is 5.32 Å². The number of imidazole rings is 1. The van der Waals surface area contributed by atoms with Gasteiger partial charge in [-0.3, -0.25) is 4.79 Å². The van der Waals surface area contributed by atoms with Crippen molar-refractivity contribution in [2.45, 2.75) is 25.5 Å². The number of hydrogen-bond donors (Lipinski definition) is 1. The molecule has 1 N–H and O–H groups in total. The van der Waals surface area contributed by atoms with Crippen molar-refractivity contribution in [1.29, 1.82) is 0 Å². The third-order valence-corrected chi connectivity index (χ3v) is 5.87.